The molecule has 0 amide bonds. The van der Waals surface area contributed by atoms with Crippen LogP contribution >= 0.6 is 0 Å². The Morgan fingerprint density at radius 2 is 0.524 bits per heavy atom. The van der Waals surface area contributed by atoms with Crippen LogP contribution in [0.2, 0.25) is 0 Å². The predicted molar refractivity (Wildman–Crippen MR) is 387 cm³/mol. The largest absolute Gasteiger partial charge is 0.0654 e. The lowest BCUT2D eigenvalue weighted by atomic mass is 9.73. The van der Waals surface area contributed by atoms with Gasteiger partial charge in [0.05, 0.1) is 0 Å². The monoisotopic (exact) mass is 1180 g/mol. The van der Waals surface area contributed by atoms with Crippen molar-refractivity contribution in [1.82, 2.24) is 0 Å². The minimum atomic E-state index is 0.679. The molecule has 0 spiro atoms. The fourth-order valence-corrected chi connectivity index (χ4v) is 18.3. The van der Waals surface area contributed by atoms with Crippen molar-refractivity contribution in [2.75, 3.05) is 0 Å². The van der Waals surface area contributed by atoms with Crippen LogP contribution in [0.4, 0.5) is 0 Å². The van der Waals surface area contributed by atoms with Gasteiger partial charge in [0.25, 0.3) is 0 Å². The molecule has 84 heavy (non-hydrogen) atoms. The average Bonchev–Trinajstić information content (AvgIpc) is 4.37. The summed E-state index contributed by atoms with van der Waals surface area (Å²) in [5.41, 5.74) is 6.40. The maximum Gasteiger partial charge on any atom is -0.0300 e. The summed E-state index contributed by atoms with van der Waals surface area (Å²) in [5.74, 6) is 3.95. The van der Waals surface area contributed by atoms with Gasteiger partial charge in [-0.1, -0.05) is 339 Å². The highest BCUT2D eigenvalue weighted by atomic mass is 14.4. The smallest absolute Gasteiger partial charge is 0.0300 e. The number of hydrogen-bond acceptors (Lipinski definition) is 0. The topological polar surface area (TPSA) is 0 Å². The normalized spacial score (nSPS) is 33.1. The summed E-state index contributed by atoms with van der Waals surface area (Å²) < 4.78 is 0. The van der Waals surface area contributed by atoms with Gasteiger partial charge in [0, 0.05) is 0 Å². The molecule has 9 rings (SSSR count). The predicted octanol–water partition coefficient (Wildman–Crippen LogP) is 30.9. The van der Waals surface area contributed by atoms with Gasteiger partial charge in [-0.3, -0.25) is 0 Å². The molecule has 0 bridgehead atoms. The van der Waals surface area contributed by atoms with Crippen molar-refractivity contribution in [3.05, 3.63) is 0 Å². The second-order valence-electron chi connectivity index (χ2n) is 35.8. The van der Waals surface area contributed by atoms with E-state index in [4.69, 9.17) is 0 Å². The SMILES string of the molecule is CC1(C)CCCCC1.CCC1(C)CCC(C)C1.CCC1(C)CCCC1C.CCC1(C)CCCCC1.CCC1(C)CCCCC1.CCCC1(C)CCC(C)C1.CCCC1(C)CCCC1C.CCCC1(C)CCCCC1.CCCC1(C)CCCCC1. The van der Waals surface area contributed by atoms with E-state index < -0.39 is 0 Å². The molecule has 0 aromatic rings. The third kappa shape index (κ3) is 33.9. The molecule has 0 heterocycles. The van der Waals surface area contributed by atoms with Gasteiger partial charge in [-0.25, -0.2) is 0 Å². The van der Waals surface area contributed by atoms with Crippen LogP contribution in [0.1, 0.15) is 467 Å². The van der Waals surface area contributed by atoms with Crippen molar-refractivity contribution < 1.29 is 0 Å². The van der Waals surface area contributed by atoms with E-state index in [-0.39, 0.29) is 0 Å². The van der Waals surface area contributed by atoms with Crippen molar-refractivity contribution in [2.45, 2.75) is 467 Å². The Kier molecular flexibility index (Phi) is 41.2. The third-order valence-electron chi connectivity index (χ3n) is 26.5. The molecule has 9 saturated carbocycles. The summed E-state index contributed by atoms with van der Waals surface area (Å²) >= 11 is 0. The minimum absolute atomic E-state index is 0.679. The summed E-state index contributed by atoms with van der Waals surface area (Å²) in [6, 6.07) is 0. The van der Waals surface area contributed by atoms with E-state index in [9.17, 15) is 0 Å². The highest BCUT2D eigenvalue weighted by molar-refractivity contribution is 4.87. The van der Waals surface area contributed by atoms with Crippen molar-refractivity contribution in [1.29, 1.82) is 0 Å². The van der Waals surface area contributed by atoms with Gasteiger partial charge in [0.15, 0.2) is 0 Å². The zero-order chi connectivity index (χ0) is 63.5. The first kappa shape index (κ1) is 82.0. The molecular weight excluding hydrogens is 1010 g/mol. The highest BCUT2D eigenvalue weighted by Gasteiger charge is 2.36. The second kappa shape index (κ2) is 42.2. The number of rotatable bonds is 12. The molecule has 9 fully saturated rings. The molecule has 8 atom stereocenters. The van der Waals surface area contributed by atoms with Crippen molar-refractivity contribution in [3.8, 4) is 0 Å². The van der Waals surface area contributed by atoms with E-state index in [1.165, 1.54) is 315 Å². The zero-order valence-corrected chi connectivity index (χ0v) is 63.5. The molecule has 0 heteroatoms. The van der Waals surface area contributed by atoms with Crippen molar-refractivity contribution in [3.63, 3.8) is 0 Å². The summed E-state index contributed by atoms with van der Waals surface area (Å²) in [7, 11) is 0. The highest BCUT2D eigenvalue weighted by Crippen LogP contribution is 2.48. The molecular formula is C84H168. The Labute approximate surface area is 536 Å². The molecule has 0 aliphatic heterocycles. The molecule has 8 unspecified atom stereocenters. The van der Waals surface area contributed by atoms with Gasteiger partial charge in [-0.2, -0.15) is 0 Å². The van der Waals surface area contributed by atoms with E-state index in [1.54, 1.807) is 0 Å². The molecule has 0 saturated heterocycles. The van der Waals surface area contributed by atoms with Crippen LogP contribution in [0, 0.1) is 72.4 Å². The maximum absolute atomic E-state index is 2.47. The molecule has 0 aromatic heterocycles. The molecule has 0 N–H and O–H groups in total. The Morgan fingerprint density at radius 1 is 0.238 bits per heavy atom. The van der Waals surface area contributed by atoms with Gasteiger partial charge in [-0.15, -0.1) is 0 Å². The van der Waals surface area contributed by atoms with Gasteiger partial charge < -0.3 is 0 Å². The van der Waals surface area contributed by atoms with Gasteiger partial charge >= 0.3 is 0 Å². The van der Waals surface area contributed by atoms with Crippen molar-refractivity contribution in [2.24, 2.45) is 72.4 Å². The molecule has 0 nitrogen and oxygen atoms in total. The fourth-order valence-electron chi connectivity index (χ4n) is 18.3. The van der Waals surface area contributed by atoms with E-state index >= 15 is 0 Å². The van der Waals surface area contributed by atoms with Crippen molar-refractivity contribution >= 4 is 0 Å². The summed E-state index contributed by atoms with van der Waals surface area (Å²) in [6.07, 6.45) is 71.3. The van der Waals surface area contributed by atoms with Crippen LogP contribution in [0.25, 0.3) is 0 Å². The second-order valence-corrected chi connectivity index (χ2v) is 35.8. The molecule has 9 aliphatic carbocycles. The molecule has 0 aromatic carbocycles. The first-order valence-electron chi connectivity index (χ1n) is 39.5. The summed E-state index contributed by atoms with van der Waals surface area (Å²) in [4.78, 5) is 0. The average molecular weight is 1180 g/mol. The molecule has 9 aliphatic rings. The standard InChI is InChI=1S/4C10H20.4C9H18.C8H16/c1-4-7-10(3)8-5-6-9(10)2;1-4-6-10(3)7-5-9(2)8-10;2*1-3-7-10(2)8-5-4-6-9-10;1-4-9(3)6-5-8(2)7-9;1-4-9(3)7-5-6-8(9)2;2*1-3-9(2)7-5-4-6-8-9;1-8(2)6-4-3-5-7-8/h2*9H,4-8H2,1-3H3;2*3-9H2,1-2H3;2*8H,4-7H2,1-3H3;2*3-8H2,1-2H3;3-7H2,1-2H3. The summed E-state index contributed by atoms with van der Waals surface area (Å²) in [5, 5.41) is 0. The Hall–Kier alpha value is 0. The first-order chi connectivity index (χ1) is 39.5. The van der Waals surface area contributed by atoms with E-state index in [2.05, 4.69) is 152 Å². The van der Waals surface area contributed by atoms with Crippen LogP contribution in [-0.2, 0) is 0 Å². The van der Waals surface area contributed by atoms with Crippen LogP contribution in [0.5, 0.6) is 0 Å². The quantitative estimate of drug-likeness (QED) is 0.183. The lowest BCUT2D eigenvalue weighted by molar-refractivity contribution is 0.197. The first-order valence-corrected chi connectivity index (χ1v) is 39.5. The maximum atomic E-state index is 2.47. The minimum Gasteiger partial charge on any atom is -0.0654 e. The summed E-state index contributed by atoms with van der Waals surface area (Å²) in [6.45, 7) is 52.4. The van der Waals surface area contributed by atoms with E-state index in [0.717, 1.165) is 45.3 Å². The lowest BCUT2D eigenvalue weighted by Crippen LogP contribution is -2.19. The van der Waals surface area contributed by atoms with E-state index in [0.29, 0.717) is 27.1 Å². The fraction of sp³-hybridized carbons (Fsp3) is 1.00. The van der Waals surface area contributed by atoms with Crippen LogP contribution in [0.3, 0.4) is 0 Å². The Morgan fingerprint density at radius 3 is 0.726 bits per heavy atom. The van der Waals surface area contributed by atoms with E-state index in [1.807, 2.05) is 0 Å². The zero-order valence-electron chi connectivity index (χ0n) is 63.5. The Balaban J connectivity index is 0.000000473. The van der Waals surface area contributed by atoms with Crippen LogP contribution in [-0.4, -0.2) is 0 Å². The van der Waals surface area contributed by atoms with Crippen LogP contribution < -0.4 is 0 Å². The van der Waals surface area contributed by atoms with Crippen LogP contribution in [0.15, 0.2) is 0 Å². The Bertz CT molecular complexity index is 1440. The van der Waals surface area contributed by atoms with Gasteiger partial charge in [-0.05, 0) is 201 Å². The molecule has 504 valence electrons. The molecule has 0 radical (unpaired) electrons. The van der Waals surface area contributed by atoms with Gasteiger partial charge in [0.2, 0.25) is 0 Å². The lowest BCUT2D eigenvalue weighted by Gasteiger charge is -2.33. The third-order valence-corrected chi connectivity index (χ3v) is 26.5. The van der Waals surface area contributed by atoms with Gasteiger partial charge in [0.1, 0.15) is 0 Å². The number of hydrogen-bond donors (Lipinski definition) is 0.